The second-order valence-electron chi connectivity index (χ2n) is 3.78. The molecular weight excluding hydrogens is 178 g/mol. The molecule has 3 nitrogen and oxygen atoms in total. The van der Waals surface area contributed by atoms with Crippen molar-refractivity contribution in [1.82, 2.24) is 4.90 Å². The molecule has 0 bridgehead atoms. The summed E-state index contributed by atoms with van der Waals surface area (Å²) in [7, 11) is 3.55. The van der Waals surface area contributed by atoms with E-state index in [-0.39, 0.29) is 11.6 Å². The van der Waals surface area contributed by atoms with Crippen LogP contribution < -0.4 is 0 Å². The van der Waals surface area contributed by atoms with Crippen molar-refractivity contribution >= 4 is 11.6 Å². The van der Waals surface area contributed by atoms with E-state index in [2.05, 4.69) is 0 Å². The van der Waals surface area contributed by atoms with Crippen molar-refractivity contribution in [3.63, 3.8) is 0 Å². The standard InChI is InChI=1S/C11H15NO2/c1-6-7(2)11(14)9(12(4)5)8(3)10(6)13/h1-5H3. The molecule has 1 rings (SSSR count). The number of nitrogens with zero attached hydrogens (tertiary/aromatic N) is 1. The van der Waals surface area contributed by atoms with Crippen LogP contribution in [0.25, 0.3) is 0 Å². The fraction of sp³-hybridized carbons (Fsp3) is 0.455. The van der Waals surface area contributed by atoms with Crippen LogP contribution in [-0.4, -0.2) is 30.6 Å². The largest absolute Gasteiger partial charge is 0.374 e. The van der Waals surface area contributed by atoms with Gasteiger partial charge in [-0.15, -0.1) is 0 Å². The predicted molar refractivity (Wildman–Crippen MR) is 54.8 cm³/mol. The molecule has 14 heavy (non-hydrogen) atoms. The highest BCUT2D eigenvalue weighted by Crippen LogP contribution is 2.24. The van der Waals surface area contributed by atoms with E-state index in [1.54, 1.807) is 39.8 Å². The number of ketones is 2. The maximum absolute atomic E-state index is 11.8. The third-order valence-corrected chi connectivity index (χ3v) is 2.60. The van der Waals surface area contributed by atoms with Crippen LogP contribution in [0.1, 0.15) is 20.8 Å². The molecule has 3 heteroatoms. The molecular formula is C11H15NO2. The Morgan fingerprint density at radius 2 is 1.21 bits per heavy atom. The normalized spacial score (nSPS) is 18.1. The van der Waals surface area contributed by atoms with Gasteiger partial charge in [-0.3, -0.25) is 9.59 Å². The molecule has 0 aromatic rings. The fourth-order valence-corrected chi connectivity index (χ4v) is 1.62. The summed E-state index contributed by atoms with van der Waals surface area (Å²) >= 11 is 0. The van der Waals surface area contributed by atoms with Crippen molar-refractivity contribution in [3.05, 3.63) is 22.4 Å². The van der Waals surface area contributed by atoms with E-state index >= 15 is 0 Å². The van der Waals surface area contributed by atoms with Crippen molar-refractivity contribution in [2.24, 2.45) is 0 Å². The average Bonchev–Trinajstić information content (AvgIpc) is 2.11. The third-order valence-electron chi connectivity index (χ3n) is 2.60. The Morgan fingerprint density at radius 1 is 0.786 bits per heavy atom. The first-order valence-electron chi connectivity index (χ1n) is 4.53. The van der Waals surface area contributed by atoms with Crippen molar-refractivity contribution in [2.45, 2.75) is 20.8 Å². The van der Waals surface area contributed by atoms with Gasteiger partial charge in [0.15, 0.2) is 5.78 Å². The van der Waals surface area contributed by atoms with Gasteiger partial charge < -0.3 is 4.90 Å². The summed E-state index contributed by atoms with van der Waals surface area (Å²) in [6.07, 6.45) is 0. The zero-order valence-corrected chi connectivity index (χ0v) is 9.26. The average molecular weight is 193 g/mol. The lowest BCUT2D eigenvalue weighted by atomic mass is 9.89. The molecule has 0 unspecified atom stereocenters. The van der Waals surface area contributed by atoms with Crippen LogP contribution >= 0.6 is 0 Å². The fourth-order valence-electron chi connectivity index (χ4n) is 1.62. The summed E-state index contributed by atoms with van der Waals surface area (Å²) < 4.78 is 0. The van der Waals surface area contributed by atoms with Gasteiger partial charge in [-0.1, -0.05) is 0 Å². The lowest BCUT2D eigenvalue weighted by molar-refractivity contribution is -0.117. The summed E-state index contributed by atoms with van der Waals surface area (Å²) in [4.78, 5) is 25.2. The minimum atomic E-state index is -0.0374. The van der Waals surface area contributed by atoms with Gasteiger partial charge in [0.05, 0.1) is 5.70 Å². The Hall–Kier alpha value is -1.38. The number of hydrogen-bond donors (Lipinski definition) is 0. The van der Waals surface area contributed by atoms with E-state index in [1.807, 2.05) is 0 Å². The number of rotatable bonds is 1. The van der Waals surface area contributed by atoms with Crippen LogP contribution in [0.3, 0.4) is 0 Å². The summed E-state index contributed by atoms with van der Waals surface area (Å²) in [5.74, 6) is -0.0598. The van der Waals surface area contributed by atoms with E-state index < -0.39 is 0 Å². The molecule has 0 radical (unpaired) electrons. The molecule has 76 valence electrons. The van der Waals surface area contributed by atoms with Gasteiger partial charge >= 0.3 is 0 Å². The van der Waals surface area contributed by atoms with Crippen molar-refractivity contribution in [2.75, 3.05) is 14.1 Å². The summed E-state index contributed by atoms with van der Waals surface area (Å²) in [6, 6.07) is 0. The first-order valence-corrected chi connectivity index (χ1v) is 4.53. The molecule has 0 aromatic heterocycles. The SMILES string of the molecule is CC1=C(C)C(=O)C(N(C)C)=C(C)C1=O. The van der Waals surface area contributed by atoms with E-state index in [9.17, 15) is 9.59 Å². The van der Waals surface area contributed by atoms with Gasteiger partial charge in [-0.05, 0) is 20.8 Å². The minimum absolute atomic E-state index is 0.0224. The Morgan fingerprint density at radius 3 is 1.64 bits per heavy atom. The zero-order chi connectivity index (χ0) is 11.0. The second kappa shape index (κ2) is 3.40. The molecule has 0 spiro atoms. The molecule has 0 saturated heterocycles. The lowest BCUT2D eigenvalue weighted by Crippen LogP contribution is -2.28. The molecule has 1 aliphatic carbocycles. The maximum atomic E-state index is 11.8. The maximum Gasteiger partial charge on any atom is 0.205 e. The Labute approximate surface area is 84.1 Å². The monoisotopic (exact) mass is 193 g/mol. The van der Waals surface area contributed by atoms with Gasteiger partial charge in [-0.2, -0.15) is 0 Å². The summed E-state index contributed by atoms with van der Waals surface area (Å²) in [5.41, 5.74) is 2.18. The summed E-state index contributed by atoms with van der Waals surface area (Å²) in [5, 5.41) is 0. The highest BCUT2D eigenvalue weighted by molar-refractivity contribution is 6.24. The Bertz CT molecular complexity index is 373. The molecule has 0 aliphatic heterocycles. The van der Waals surface area contributed by atoms with Crippen molar-refractivity contribution in [3.8, 4) is 0 Å². The molecule has 1 aliphatic rings. The molecule has 0 amide bonds. The highest BCUT2D eigenvalue weighted by atomic mass is 16.1. The highest BCUT2D eigenvalue weighted by Gasteiger charge is 2.28. The Kier molecular flexibility index (Phi) is 2.60. The topological polar surface area (TPSA) is 37.4 Å². The molecule has 0 aromatic carbocycles. The quantitative estimate of drug-likeness (QED) is 0.589. The van der Waals surface area contributed by atoms with Crippen LogP contribution in [-0.2, 0) is 9.59 Å². The van der Waals surface area contributed by atoms with Crippen LogP contribution in [0.4, 0.5) is 0 Å². The van der Waals surface area contributed by atoms with Crippen LogP contribution in [0.2, 0.25) is 0 Å². The van der Waals surface area contributed by atoms with Gasteiger partial charge in [-0.25, -0.2) is 0 Å². The minimum Gasteiger partial charge on any atom is -0.374 e. The number of carbonyl (C=O) groups is 2. The van der Waals surface area contributed by atoms with E-state index in [4.69, 9.17) is 0 Å². The second-order valence-corrected chi connectivity index (χ2v) is 3.78. The third kappa shape index (κ3) is 1.39. The van der Waals surface area contributed by atoms with E-state index in [0.29, 0.717) is 22.4 Å². The predicted octanol–water partition coefficient (Wildman–Crippen LogP) is 1.31. The number of hydrogen-bond acceptors (Lipinski definition) is 3. The number of likely N-dealkylation sites (N-methyl/N-ethyl adjacent to an activating group) is 1. The zero-order valence-electron chi connectivity index (χ0n) is 9.26. The molecule has 0 heterocycles. The van der Waals surface area contributed by atoms with Crippen molar-refractivity contribution < 1.29 is 9.59 Å². The van der Waals surface area contributed by atoms with E-state index in [1.165, 1.54) is 0 Å². The number of allylic oxidation sites excluding steroid dienone is 3. The van der Waals surface area contributed by atoms with Crippen LogP contribution in [0, 0.1) is 0 Å². The van der Waals surface area contributed by atoms with E-state index in [0.717, 1.165) is 0 Å². The number of carbonyl (C=O) groups excluding carboxylic acids is 2. The van der Waals surface area contributed by atoms with Crippen molar-refractivity contribution in [1.29, 1.82) is 0 Å². The van der Waals surface area contributed by atoms with Gasteiger partial charge in [0.2, 0.25) is 5.78 Å². The van der Waals surface area contributed by atoms with Gasteiger partial charge in [0.25, 0.3) is 0 Å². The number of Topliss-reactive ketones (excluding diaryl/α,β-unsaturated/α-hetero) is 2. The molecule has 0 N–H and O–H groups in total. The summed E-state index contributed by atoms with van der Waals surface area (Å²) in [6.45, 7) is 5.10. The molecule has 0 atom stereocenters. The van der Waals surface area contributed by atoms with Crippen LogP contribution in [0.15, 0.2) is 22.4 Å². The van der Waals surface area contributed by atoms with Gasteiger partial charge in [0.1, 0.15) is 0 Å². The van der Waals surface area contributed by atoms with Gasteiger partial charge in [0, 0.05) is 30.8 Å². The molecule has 0 fully saturated rings. The first-order chi connectivity index (χ1) is 6.37. The smallest absolute Gasteiger partial charge is 0.205 e. The molecule has 0 saturated carbocycles. The lowest BCUT2D eigenvalue weighted by Gasteiger charge is -2.23. The van der Waals surface area contributed by atoms with Crippen LogP contribution in [0.5, 0.6) is 0 Å². The first kappa shape index (κ1) is 10.7. The Balaban J connectivity index is 3.34.